The molecule has 1 aromatic carbocycles. The second-order valence-corrected chi connectivity index (χ2v) is 4.65. The molecule has 1 atom stereocenters. The number of carbonyl (C=O) groups is 3. The summed E-state index contributed by atoms with van der Waals surface area (Å²) in [5, 5.41) is 8.33. The summed E-state index contributed by atoms with van der Waals surface area (Å²) < 4.78 is 4.65. The number of likely N-dealkylation sites (N-methyl/N-ethyl adjacent to an activating group) is 1. The molecule has 22 heavy (non-hydrogen) atoms. The normalized spacial score (nSPS) is 11.3. The van der Waals surface area contributed by atoms with E-state index in [0.29, 0.717) is 38.0 Å². The van der Waals surface area contributed by atoms with Crippen LogP contribution in [0.4, 0.5) is 5.69 Å². The minimum Gasteiger partial charge on any atom is -0.463 e. The fourth-order valence-corrected chi connectivity index (χ4v) is 1.92. The highest BCUT2D eigenvalue weighted by atomic mass is 16.5. The van der Waals surface area contributed by atoms with Crippen molar-refractivity contribution in [2.24, 2.45) is 0 Å². The molecule has 0 aliphatic heterocycles. The van der Waals surface area contributed by atoms with E-state index in [9.17, 15) is 14.4 Å². The van der Waals surface area contributed by atoms with Gasteiger partial charge in [-0.05, 0) is 37.6 Å². The first kappa shape index (κ1) is 17.6. The molecular formula is C15H21N3O4. The third kappa shape index (κ3) is 6.36. The van der Waals surface area contributed by atoms with Gasteiger partial charge in [-0.2, -0.15) is 0 Å². The Balaban J connectivity index is 2.47. The fourth-order valence-electron chi connectivity index (χ4n) is 1.92. The van der Waals surface area contributed by atoms with Gasteiger partial charge >= 0.3 is 0 Å². The van der Waals surface area contributed by atoms with E-state index in [1.54, 1.807) is 31.3 Å². The minimum absolute atomic E-state index is 0.134. The number of hydrogen-bond donors (Lipinski definition) is 3. The van der Waals surface area contributed by atoms with Crippen molar-refractivity contribution >= 4 is 24.5 Å². The van der Waals surface area contributed by atoms with Gasteiger partial charge in [0.25, 0.3) is 6.47 Å². The molecule has 2 amide bonds. The third-order valence-electron chi connectivity index (χ3n) is 3.10. The van der Waals surface area contributed by atoms with E-state index >= 15 is 0 Å². The highest BCUT2D eigenvalue weighted by molar-refractivity contribution is 5.94. The summed E-state index contributed by atoms with van der Waals surface area (Å²) in [5.74, 6) is -0.134. The van der Waals surface area contributed by atoms with Gasteiger partial charge in [-0.3, -0.25) is 14.4 Å². The lowest BCUT2D eigenvalue weighted by molar-refractivity contribution is -0.129. The maximum Gasteiger partial charge on any atom is 0.293 e. The van der Waals surface area contributed by atoms with Gasteiger partial charge in [0.05, 0.1) is 6.04 Å². The van der Waals surface area contributed by atoms with Crippen molar-refractivity contribution in [3.8, 4) is 0 Å². The van der Waals surface area contributed by atoms with Crippen molar-refractivity contribution in [2.45, 2.75) is 25.5 Å². The van der Waals surface area contributed by atoms with Crippen LogP contribution >= 0.6 is 0 Å². The molecule has 0 heterocycles. The van der Waals surface area contributed by atoms with E-state index in [1.165, 1.54) is 0 Å². The molecule has 7 nitrogen and oxygen atoms in total. The van der Waals surface area contributed by atoms with Gasteiger partial charge in [0.15, 0.2) is 0 Å². The molecule has 0 bridgehead atoms. The number of amides is 2. The van der Waals surface area contributed by atoms with E-state index in [2.05, 4.69) is 20.7 Å². The molecule has 0 aliphatic rings. The van der Waals surface area contributed by atoms with E-state index in [1.807, 2.05) is 0 Å². The molecular weight excluding hydrogens is 286 g/mol. The topological polar surface area (TPSA) is 96.5 Å². The second kappa shape index (κ2) is 10.3. The Morgan fingerprint density at radius 3 is 2.59 bits per heavy atom. The zero-order valence-electron chi connectivity index (χ0n) is 12.5. The van der Waals surface area contributed by atoms with Crippen LogP contribution in [0, 0.1) is 0 Å². The van der Waals surface area contributed by atoms with Crippen LogP contribution < -0.4 is 16.0 Å². The summed E-state index contributed by atoms with van der Waals surface area (Å²) in [6, 6.07) is 6.74. The predicted octanol–water partition coefficient (Wildman–Crippen LogP) is 0.412. The standard InChI is InChI=1S/C15H21N3O4/c1-16-14(3-2-8-17-10-19)15(21)18-13-6-4-12(5-7-13)9-22-11-20/h4-7,10-11,14,16H,2-3,8-9H2,1H3,(H,17,19)(H,18,21)/t14-/m0/s1. The molecule has 0 saturated heterocycles. The lowest BCUT2D eigenvalue weighted by atomic mass is 10.1. The highest BCUT2D eigenvalue weighted by Gasteiger charge is 2.15. The van der Waals surface area contributed by atoms with E-state index in [0.717, 1.165) is 5.56 Å². The number of anilines is 1. The molecule has 0 fully saturated rings. The number of ether oxygens (including phenoxy) is 1. The second-order valence-electron chi connectivity index (χ2n) is 4.65. The third-order valence-corrected chi connectivity index (χ3v) is 3.10. The molecule has 1 rings (SSSR count). The highest BCUT2D eigenvalue weighted by Crippen LogP contribution is 2.11. The monoisotopic (exact) mass is 307 g/mol. The van der Waals surface area contributed by atoms with Crippen LogP contribution in [-0.4, -0.2) is 38.4 Å². The smallest absolute Gasteiger partial charge is 0.293 e. The van der Waals surface area contributed by atoms with Crippen molar-refractivity contribution in [2.75, 3.05) is 18.9 Å². The Morgan fingerprint density at radius 1 is 1.27 bits per heavy atom. The van der Waals surface area contributed by atoms with Gasteiger partial charge in [0.2, 0.25) is 12.3 Å². The zero-order chi connectivity index (χ0) is 16.2. The predicted molar refractivity (Wildman–Crippen MR) is 82.1 cm³/mol. The van der Waals surface area contributed by atoms with Crippen LogP contribution in [0.25, 0.3) is 0 Å². The van der Waals surface area contributed by atoms with Crippen LogP contribution in [0.1, 0.15) is 18.4 Å². The molecule has 0 unspecified atom stereocenters. The Bertz CT molecular complexity index is 476. The molecule has 1 aromatic rings. The first-order valence-electron chi connectivity index (χ1n) is 7.00. The minimum atomic E-state index is -0.327. The van der Waals surface area contributed by atoms with Gasteiger partial charge in [-0.25, -0.2) is 0 Å². The van der Waals surface area contributed by atoms with Crippen molar-refractivity contribution in [1.29, 1.82) is 0 Å². The van der Waals surface area contributed by atoms with Gasteiger partial charge in [0.1, 0.15) is 6.61 Å². The molecule has 120 valence electrons. The number of nitrogens with one attached hydrogen (secondary N) is 3. The summed E-state index contributed by atoms with van der Waals surface area (Å²) in [6.07, 6.45) is 1.97. The van der Waals surface area contributed by atoms with Crippen LogP contribution in [0.5, 0.6) is 0 Å². The average Bonchev–Trinajstić information content (AvgIpc) is 2.54. The van der Waals surface area contributed by atoms with Crippen molar-refractivity contribution in [3.63, 3.8) is 0 Å². The van der Waals surface area contributed by atoms with Gasteiger partial charge in [-0.15, -0.1) is 0 Å². The zero-order valence-corrected chi connectivity index (χ0v) is 12.5. The van der Waals surface area contributed by atoms with Crippen LogP contribution in [-0.2, 0) is 25.7 Å². The number of carbonyl (C=O) groups excluding carboxylic acids is 3. The van der Waals surface area contributed by atoms with Gasteiger partial charge in [0, 0.05) is 12.2 Å². The number of rotatable bonds is 11. The quantitative estimate of drug-likeness (QED) is 0.406. The van der Waals surface area contributed by atoms with Crippen LogP contribution in [0.2, 0.25) is 0 Å². The summed E-state index contributed by atoms with van der Waals surface area (Å²) in [5.41, 5.74) is 1.52. The lowest BCUT2D eigenvalue weighted by Gasteiger charge is -2.16. The largest absolute Gasteiger partial charge is 0.463 e. The number of benzene rings is 1. The fraction of sp³-hybridized carbons (Fsp3) is 0.400. The Kier molecular flexibility index (Phi) is 8.29. The Morgan fingerprint density at radius 2 is 2.00 bits per heavy atom. The first-order chi connectivity index (χ1) is 10.7. The molecule has 0 aliphatic carbocycles. The molecule has 0 radical (unpaired) electrons. The lowest BCUT2D eigenvalue weighted by Crippen LogP contribution is -2.38. The molecule has 0 saturated carbocycles. The Hall–Kier alpha value is -2.41. The Labute approximate surface area is 129 Å². The van der Waals surface area contributed by atoms with Crippen molar-refractivity contribution < 1.29 is 19.1 Å². The number of hydrogen-bond acceptors (Lipinski definition) is 5. The SMILES string of the molecule is CN[C@@H](CCCNC=O)C(=O)Nc1ccc(COC=O)cc1. The first-order valence-corrected chi connectivity index (χ1v) is 7.00. The molecule has 3 N–H and O–H groups in total. The summed E-state index contributed by atoms with van der Waals surface area (Å²) in [7, 11) is 1.72. The van der Waals surface area contributed by atoms with Crippen LogP contribution in [0.15, 0.2) is 24.3 Å². The van der Waals surface area contributed by atoms with Crippen LogP contribution in [0.3, 0.4) is 0 Å². The van der Waals surface area contributed by atoms with E-state index < -0.39 is 0 Å². The maximum atomic E-state index is 12.1. The molecule has 7 heteroatoms. The summed E-state index contributed by atoms with van der Waals surface area (Å²) >= 11 is 0. The summed E-state index contributed by atoms with van der Waals surface area (Å²) in [6.45, 7) is 1.15. The van der Waals surface area contributed by atoms with Gasteiger partial charge < -0.3 is 20.7 Å². The summed E-state index contributed by atoms with van der Waals surface area (Å²) in [4.78, 5) is 32.4. The van der Waals surface area contributed by atoms with E-state index in [-0.39, 0.29) is 18.6 Å². The average molecular weight is 307 g/mol. The van der Waals surface area contributed by atoms with E-state index in [4.69, 9.17) is 0 Å². The molecule has 0 spiro atoms. The van der Waals surface area contributed by atoms with Crippen molar-refractivity contribution in [3.05, 3.63) is 29.8 Å². The van der Waals surface area contributed by atoms with Crippen molar-refractivity contribution in [1.82, 2.24) is 10.6 Å². The maximum absolute atomic E-state index is 12.1. The van der Waals surface area contributed by atoms with Gasteiger partial charge in [-0.1, -0.05) is 12.1 Å². The molecule has 0 aromatic heterocycles.